The third kappa shape index (κ3) is 8.16. The molecule has 1 unspecified atom stereocenters. The van der Waals surface area contributed by atoms with E-state index in [0.717, 1.165) is 13.8 Å². The molecule has 44 heavy (non-hydrogen) atoms. The van der Waals surface area contributed by atoms with Gasteiger partial charge in [-0.15, -0.1) is 0 Å². The molecular formula is C24H41N3O17. The van der Waals surface area contributed by atoms with E-state index in [1.54, 1.807) is 0 Å². The second kappa shape index (κ2) is 15.9. The maximum absolute atomic E-state index is 12.1. The summed E-state index contributed by atoms with van der Waals surface area (Å²) in [6, 6.07) is -4.52. The zero-order valence-corrected chi connectivity index (χ0v) is 23.8. The van der Waals surface area contributed by atoms with Gasteiger partial charge in [-0.05, 0) is 0 Å². The lowest BCUT2D eigenvalue weighted by molar-refractivity contribution is -0.351. The molecule has 3 rings (SSSR count). The molecule has 0 aliphatic carbocycles. The third-order valence-corrected chi connectivity index (χ3v) is 7.40. The SMILES string of the molecule is CC(=O)N[C@H]1[C@H](O[C@H]2[C@H](O)[C@@H](NC(=O)CO)C(O)O[C@@H]2CO)O[C@H](CO)[C@@H](O[C@@H]2O[C@H](CO)[C@@H](O)[C@H](O)[C@H]2NC(C)=O)[C@@H]1O. The summed E-state index contributed by atoms with van der Waals surface area (Å²) < 4.78 is 28.2. The fourth-order valence-electron chi connectivity index (χ4n) is 5.27. The number of hydrogen-bond donors (Lipinski definition) is 12. The highest BCUT2D eigenvalue weighted by molar-refractivity contribution is 5.77. The molecule has 3 fully saturated rings. The largest absolute Gasteiger partial charge is 0.394 e. The van der Waals surface area contributed by atoms with Crippen LogP contribution in [0, 0.1) is 0 Å². The lowest BCUT2D eigenvalue weighted by atomic mass is 9.93. The molecule has 20 heteroatoms. The average molecular weight is 644 g/mol. The predicted molar refractivity (Wildman–Crippen MR) is 137 cm³/mol. The number of rotatable bonds is 11. The van der Waals surface area contributed by atoms with Crippen molar-refractivity contribution in [3.05, 3.63) is 0 Å². The number of carbonyl (C=O) groups is 3. The first-order valence-electron chi connectivity index (χ1n) is 13.7. The molecule has 3 saturated heterocycles. The first-order chi connectivity index (χ1) is 20.8. The maximum atomic E-state index is 12.1. The third-order valence-electron chi connectivity index (χ3n) is 7.40. The van der Waals surface area contributed by atoms with Gasteiger partial charge in [-0.25, -0.2) is 0 Å². The second-order valence-electron chi connectivity index (χ2n) is 10.6. The zero-order chi connectivity index (χ0) is 32.9. The molecule has 0 aromatic carbocycles. The number of aliphatic hydroxyl groups is 9. The summed E-state index contributed by atoms with van der Waals surface area (Å²) in [7, 11) is 0. The topological polar surface area (TPSA) is 316 Å². The summed E-state index contributed by atoms with van der Waals surface area (Å²) in [5.74, 6) is -2.35. The van der Waals surface area contributed by atoms with E-state index in [4.69, 9.17) is 28.8 Å². The highest BCUT2D eigenvalue weighted by atomic mass is 16.7. The molecule has 3 amide bonds. The van der Waals surface area contributed by atoms with E-state index in [1.807, 2.05) is 0 Å². The zero-order valence-electron chi connectivity index (χ0n) is 23.8. The lowest BCUT2D eigenvalue weighted by Gasteiger charge is -2.49. The van der Waals surface area contributed by atoms with E-state index in [9.17, 15) is 55.2 Å². The van der Waals surface area contributed by atoms with Crippen molar-refractivity contribution in [2.24, 2.45) is 0 Å². The van der Waals surface area contributed by atoms with Crippen molar-refractivity contribution in [3.8, 4) is 0 Å². The molecule has 254 valence electrons. The summed E-state index contributed by atoms with van der Waals surface area (Å²) in [5, 5.41) is 98.9. The van der Waals surface area contributed by atoms with Crippen LogP contribution >= 0.6 is 0 Å². The van der Waals surface area contributed by atoms with Gasteiger partial charge < -0.3 is 85.6 Å². The van der Waals surface area contributed by atoms with Gasteiger partial charge in [-0.1, -0.05) is 0 Å². The van der Waals surface area contributed by atoms with E-state index in [1.165, 1.54) is 0 Å². The van der Waals surface area contributed by atoms with Crippen molar-refractivity contribution < 1.29 is 84.0 Å². The Morgan fingerprint density at radius 3 is 1.48 bits per heavy atom. The van der Waals surface area contributed by atoms with E-state index < -0.39 is 136 Å². The smallest absolute Gasteiger partial charge is 0.246 e. The van der Waals surface area contributed by atoms with Gasteiger partial charge in [-0.2, -0.15) is 0 Å². The minimum Gasteiger partial charge on any atom is -0.394 e. The molecule has 20 nitrogen and oxygen atoms in total. The van der Waals surface area contributed by atoms with Crippen LogP contribution in [-0.4, -0.2) is 182 Å². The first-order valence-corrected chi connectivity index (χ1v) is 13.7. The maximum Gasteiger partial charge on any atom is 0.246 e. The van der Waals surface area contributed by atoms with Crippen LogP contribution in [0.25, 0.3) is 0 Å². The van der Waals surface area contributed by atoms with E-state index in [0.29, 0.717) is 0 Å². The molecule has 3 aliphatic heterocycles. The quantitative estimate of drug-likeness (QED) is 0.0994. The van der Waals surface area contributed by atoms with Gasteiger partial charge in [0.1, 0.15) is 79.7 Å². The Hall–Kier alpha value is -2.15. The summed E-state index contributed by atoms with van der Waals surface area (Å²) in [6.45, 7) is -1.24. The summed E-state index contributed by atoms with van der Waals surface area (Å²) in [4.78, 5) is 35.6. The fraction of sp³-hybridized carbons (Fsp3) is 0.875. The van der Waals surface area contributed by atoms with Gasteiger partial charge in [0, 0.05) is 13.8 Å². The summed E-state index contributed by atoms with van der Waals surface area (Å²) >= 11 is 0. The molecule has 0 aromatic heterocycles. The van der Waals surface area contributed by atoms with Crippen molar-refractivity contribution in [2.75, 3.05) is 26.4 Å². The Kier molecular flexibility index (Phi) is 13.1. The molecule has 0 saturated carbocycles. The molecule has 0 aromatic rings. The molecule has 12 N–H and O–H groups in total. The van der Waals surface area contributed by atoms with Crippen LogP contribution in [0.4, 0.5) is 0 Å². The highest BCUT2D eigenvalue weighted by Gasteiger charge is 2.54. The Labute approximate surface area is 250 Å². The normalized spacial score (nSPS) is 42.8. The standard InChI is InChI=1S/C24H41N3O17/c1-7(32)25-14-17(36)16(35)9(3-28)41-23(14)44-21-11(5-30)42-24(15(19(21)38)26-8(2)33)43-20-10(4-29)40-22(39)13(18(20)37)27-12(34)6-31/h9-11,13-24,28-31,35-39H,3-6H2,1-2H3,(H,25,32)(H,26,33)(H,27,34)/t9-,10-,11-,13-,14-,15-,16-,17-,18-,19-,20-,21-,22?,23+,24+/m1/s1. The van der Waals surface area contributed by atoms with Crippen molar-refractivity contribution in [3.63, 3.8) is 0 Å². The molecule has 3 aliphatic rings. The minimum atomic E-state index is -1.84. The average Bonchev–Trinajstić information content (AvgIpc) is 2.98. The van der Waals surface area contributed by atoms with Crippen molar-refractivity contribution in [2.45, 2.75) is 106 Å². The minimum absolute atomic E-state index is 0.657. The molecular weight excluding hydrogens is 602 g/mol. The molecule has 0 spiro atoms. The van der Waals surface area contributed by atoms with Crippen molar-refractivity contribution >= 4 is 17.7 Å². The van der Waals surface area contributed by atoms with Gasteiger partial charge in [0.2, 0.25) is 17.7 Å². The lowest BCUT2D eigenvalue weighted by Crippen LogP contribution is -2.71. The van der Waals surface area contributed by atoms with Gasteiger partial charge in [0.05, 0.1) is 19.8 Å². The van der Waals surface area contributed by atoms with Crippen molar-refractivity contribution in [1.29, 1.82) is 0 Å². The number of aliphatic hydroxyl groups excluding tert-OH is 9. The van der Waals surface area contributed by atoms with Crippen LogP contribution in [0.5, 0.6) is 0 Å². The Morgan fingerprint density at radius 1 is 0.591 bits per heavy atom. The molecule has 0 radical (unpaired) electrons. The fourth-order valence-corrected chi connectivity index (χ4v) is 5.27. The monoisotopic (exact) mass is 643 g/mol. The first kappa shape index (κ1) is 36.3. The number of ether oxygens (including phenoxy) is 5. The Morgan fingerprint density at radius 2 is 1.02 bits per heavy atom. The Balaban J connectivity index is 1.89. The van der Waals surface area contributed by atoms with E-state index in [-0.39, 0.29) is 0 Å². The molecule has 3 heterocycles. The number of amides is 3. The molecule has 15 atom stereocenters. The van der Waals surface area contributed by atoms with Crippen LogP contribution in [-0.2, 0) is 38.1 Å². The molecule has 0 bridgehead atoms. The number of carbonyl (C=O) groups excluding carboxylic acids is 3. The summed E-state index contributed by atoms with van der Waals surface area (Å²) in [6.07, 6.45) is -19.6. The second-order valence-corrected chi connectivity index (χ2v) is 10.6. The predicted octanol–water partition coefficient (Wildman–Crippen LogP) is -8.17. The van der Waals surface area contributed by atoms with Crippen LogP contribution in [0.2, 0.25) is 0 Å². The number of nitrogens with one attached hydrogen (secondary N) is 3. The van der Waals surface area contributed by atoms with Crippen LogP contribution in [0.1, 0.15) is 13.8 Å². The Bertz CT molecular complexity index is 978. The van der Waals surface area contributed by atoms with E-state index >= 15 is 0 Å². The van der Waals surface area contributed by atoms with Gasteiger partial charge in [0.15, 0.2) is 18.9 Å². The van der Waals surface area contributed by atoms with Gasteiger partial charge in [0.25, 0.3) is 0 Å². The van der Waals surface area contributed by atoms with Gasteiger partial charge in [-0.3, -0.25) is 14.4 Å². The highest BCUT2D eigenvalue weighted by Crippen LogP contribution is 2.32. The van der Waals surface area contributed by atoms with Crippen LogP contribution < -0.4 is 16.0 Å². The van der Waals surface area contributed by atoms with Crippen LogP contribution in [0.15, 0.2) is 0 Å². The summed E-state index contributed by atoms with van der Waals surface area (Å²) in [5.41, 5.74) is 0. The van der Waals surface area contributed by atoms with Crippen molar-refractivity contribution in [1.82, 2.24) is 16.0 Å². The van der Waals surface area contributed by atoms with Gasteiger partial charge >= 0.3 is 0 Å². The number of hydrogen-bond acceptors (Lipinski definition) is 17. The van der Waals surface area contributed by atoms with E-state index in [2.05, 4.69) is 16.0 Å². The van der Waals surface area contributed by atoms with Crippen LogP contribution in [0.3, 0.4) is 0 Å².